The van der Waals surface area contributed by atoms with Crippen LogP contribution in [0.5, 0.6) is 0 Å². The Kier molecular flexibility index (Phi) is 4.06. The fourth-order valence-corrected chi connectivity index (χ4v) is 2.58. The summed E-state index contributed by atoms with van der Waals surface area (Å²) in [6.45, 7) is 3.57. The van der Waals surface area contributed by atoms with Crippen molar-refractivity contribution >= 4 is 5.91 Å². The van der Waals surface area contributed by atoms with Gasteiger partial charge in [-0.05, 0) is 25.5 Å². The van der Waals surface area contributed by atoms with Crippen molar-refractivity contribution in [2.24, 2.45) is 0 Å². The van der Waals surface area contributed by atoms with E-state index in [4.69, 9.17) is 9.15 Å². The lowest BCUT2D eigenvalue weighted by Gasteiger charge is -2.34. The van der Waals surface area contributed by atoms with Gasteiger partial charge in [-0.15, -0.1) is 0 Å². The minimum absolute atomic E-state index is 0.118. The molecule has 0 aliphatic carbocycles. The van der Waals surface area contributed by atoms with Crippen LogP contribution in [0.3, 0.4) is 0 Å². The van der Waals surface area contributed by atoms with Gasteiger partial charge in [-0.2, -0.15) is 0 Å². The van der Waals surface area contributed by atoms with E-state index in [2.05, 4.69) is 9.97 Å². The molecule has 1 fully saturated rings. The van der Waals surface area contributed by atoms with Crippen LogP contribution < -0.4 is 0 Å². The molecule has 3 heterocycles. The van der Waals surface area contributed by atoms with Gasteiger partial charge in [0, 0.05) is 24.9 Å². The van der Waals surface area contributed by atoms with Gasteiger partial charge in [0.15, 0.2) is 0 Å². The number of aromatic nitrogens is 2. The Morgan fingerprint density at radius 2 is 2.43 bits per heavy atom. The summed E-state index contributed by atoms with van der Waals surface area (Å²) in [6, 6.07) is 3.71. The maximum absolute atomic E-state index is 12.5. The number of morpholine rings is 1. The lowest BCUT2D eigenvalue weighted by molar-refractivity contribution is -0.141. The number of nitrogens with zero attached hydrogens (tertiary/aromatic N) is 2. The third-order valence-corrected chi connectivity index (χ3v) is 3.70. The first-order chi connectivity index (χ1) is 10.2. The van der Waals surface area contributed by atoms with Gasteiger partial charge in [0.05, 0.1) is 19.5 Å². The second kappa shape index (κ2) is 6.13. The van der Waals surface area contributed by atoms with Crippen LogP contribution in [-0.4, -0.2) is 40.5 Å². The minimum atomic E-state index is -0.123. The Morgan fingerprint density at radius 1 is 1.52 bits per heavy atom. The van der Waals surface area contributed by atoms with Gasteiger partial charge in [0.2, 0.25) is 5.91 Å². The Labute approximate surface area is 123 Å². The number of rotatable bonds is 4. The Morgan fingerprint density at radius 3 is 3.14 bits per heavy atom. The average Bonchev–Trinajstić information content (AvgIpc) is 3.16. The molecule has 6 nitrogen and oxygen atoms in total. The SMILES string of the molecule is Cc1ccc([C@H]2COCCN2C(=O)CCc2cnc[nH]2)o1. The number of amides is 1. The molecule has 1 saturated heterocycles. The van der Waals surface area contributed by atoms with Crippen molar-refractivity contribution in [1.82, 2.24) is 14.9 Å². The molecular weight excluding hydrogens is 270 g/mol. The predicted octanol–water partition coefficient (Wildman–Crippen LogP) is 1.84. The minimum Gasteiger partial charge on any atom is -0.464 e. The van der Waals surface area contributed by atoms with Crippen LogP contribution in [-0.2, 0) is 16.0 Å². The number of carbonyl (C=O) groups excluding carboxylic acids is 1. The molecule has 112 valence electrons. The molecule has 1 aliphatic rings. The number of furan rings is 1. The van der Waals surface area contributed by atoms with Crippen LogP contribution in [0.4, 0.5) is 0 Å². The first-order valence-electron chi connectivity index (χ1n) is 7.15. The Bertz CT molecular complexity index is 591. The number of imidazole rings is 1. The van der Waals surface area contributed by atoms with E-state index in [-0.39, 0.29) is 11.9 Å². The van der Waals surface area contributed by atoms with E-state index in [1.165, 1.54) is 0 Å². The molecule has 2 aromatic heterocycles. The van der Waals surface area contributed by atoms with Crippen LogP contribution >= 0.6 is 0 Å². The average molecular weight is 289 g/mol. The molecule has 0 spiro atoms. The molecular formula is C15H19N3O3. The van der Waals surface area contributed by atoms with Crippen molar-refractivity contribution in [1.29, 1.82) is 0 Å². The van der Waals surface area contributed by atoms with Crippen molar-refractivity contribution in [3.8, 4) is 0 Å². The van der Waals surface area contributed by atoms with Crippen LogP contribution in [0.15, 0.2) is 29.1 Å². The molecule has 0 saturated carbocycles. The quantitative estimate of drug-likeness (QED) is 0.932. The van der Waals surface area contributed by atoms with Gasteiger partial charge in [-0.1, -0.05) is 0 Å². The molecule has 1 N–H and O–H groups in total. The smallest absolute Gasteiger partial charge is 0.223 e. The van der Waals surface area contributed by atoms with Gasteiger partial charge < -0.3 is 19.0 Å². The number of nitrogens with one attached hydrogen (secondary N) is 1. The topological polar surface area (TPSA) is 71.4 Å². The molecule has 0 radical (unpaired) electrons. The van der Waals surface area contributed by atoms with Gasteiger partial charge in [-0.25, -0.2) is 4.98 Å². The van der Waals surface area contributed by atoms with E-state index >= 15 is 0 Å². The number of ether oxygens (including phenoxy) is 1. The standard InChI is InChI=1S/C15H19N3O3/c1-11-2-4-14(21-11)13-9-20-7-6-18(13)15(19)5-3-12-8-16-10-17-12/h2,4,8,10,13H,3,5-7,9H2,1H3,(H,16,17)/t13-/m1/s1. The summed E-state index contributed by atoms with van der Waals surface area (Å²) in [5.41, 5.74) is 0.974. The molecule has 0 aromatic carbocycles. The van der Waals surface area contributed by atoms with E-state index in [9.17, 15) is 4.79 Å². The van der Waals surface area contributed by atoms with Crippen LogP contribution in [0.2, 0.25) is 0 Å². The van der Waals surface area contributed by atoms with E-state index in [1.54, 1.807) is 12.5 Å². The van der Waals surface area contributed by atoms with Crippen molar-refractivity contribution in [2.45, 2.75) is 25.8 Å². The summed E-state index contributed by atoms with van der Waals surface area (Å²) < 4.78 is 11.2. The molecule has 21 heavy (non-hydrogen) atoms. The second-order valence-corrected chi connectivity index (χ2v) is 5.20. The molecule has 6 heteroatoms. The zero-order valence-corrected chi connectivity index (χ0v) is 12.0. The van der Waals surface area contributed by atoms with Gasteiger partial charge in [0.1, 0.15) is 17.6 Å². The van der Waals surface area contributed by atoms with Crippen LogP contribution in [0, 0.1) is 6.92 Å². The third kappa shape index (κ3) is 3.16. The lowest BCUT2D eigenvalue weighted by Crippen LogP contribution is -2.43. The highest BCUT2D eigenvalue weighted by atomic mass is 16.5. The molecule has 0 unspecified atom stereocenters. The summed E-state index contributed by atoms with van der Waals surface area (Å²) in [5.74, 6) is 1.76. The summed E-state index contributed by atoms with van der Waals surface area (Å²) in [7, 11) is 0. The van der Waals surface area contributed by atoms with Gasteiger partial charge in [0.25, 0.3) is 0 Å². The van der Waals surface area contributed by atoms with Crippen LogP contribution in [0.25, 0.3) is 0 Å². The third-order valence-electron chi connectivity index (χ3n) is 3.70. The van der Waals surface area contributed by atoms with E-state index < -0.39 is 0 Å². The molecule has 2 aromatic rings. The fourth-order valence-electron chi connectivity index (χ4n) is 2.58. The summed E-state index contributed by atoms with van der Waals surface area (Å²) in [6.07, 6.45) is 4.50. The van der Waals surface area contributed by atoms with E-state index in [0.29, 0.717) is 32.6 Å². The Balaban J connectivity index is 1.67. The zero-order chi connectivity index (χ0) is 14.7. The van der Waals surface area contributed by atoms with Crippen molar-refractivity contribution < 1.29 is 13.9 Å². The summed E-state index contributed by atoms with van der Waals surface area (Å²) in [4.78, 5) is 21.3. The second-order valence-electron chi connectivity index (χ2n) is 5.20. The first kappa shape index (κ1) is 13.9. The highest BCUT2D eigenvalue weighted by molar-refractivity contribution is 5.77. The van der Waals surface area contributed by atoms with Crippen molar-refractivity contribution in [3.05, 3.63) is 41.9 Å². The van der Waals surface area contributed by atoms with Crippen molar-refractivity contribution in [3.63, 3.8) is 0 Å². The summed E-state index contributed by atoms with van der Waals surface area (Å²) in [5, 5.41) is 0. The molecule has 0 bridgehead atoms. The van der Waals surface area contributed by atoms with Crippen LogP contribution in [0.1, 0.15) is 29.7 Å². The normalized spacial score (nSPS) is 18.9. The summed E-state index contributed by atoms with van der Waals surface area (Å²) >= 11 is 0. The molecule has 1 aliphatic heterocycles. The number of aromatic amines is 1. The maximum atomic E-state index is 12.5. The predicted molar refractivity (Wildman–Crippen MR) is 75.6 cm³/mol. The van der Waals surface area contributed by atoms with Gasteiger partial charge >= 0.3 is 0 Å². The lowest BCUT2D eigenvalue weighted by atomic mass is 10.1. The largest absolute Gasteiger partial charge is 0.464 e. The number of hydrogen-bond donors (Lipinski definition) is 1. The van der Waals surface area contributed by atoms with Crippen molar-refractivity contribution in [2.75, 3.05) is 19.8 Å². The molecule has 3 rings (SSSR count). The fraction of sp³-hybridized carbons (Fsp3) is 0.467. The zero-order valence-electron chi connectivity index (χ0n) is 12.0. The monoisotopic (exact) mass is 289 g/mol. The number of hydrogen-bond acceptors (Lipinski definition) is 4. The molecule has 1 atom stereocenters. The van der Waals surface area contributed by atoms with E-state index in [1.807, 2.05) is 24.0 Å². The highest BCUT2D eigenvalue weighted by Crippen LogP contribution is 2.26. The number of H-pyrrole nitrogens is 1. The first-order valence-corrected chi connectivity index (χ1v) is 7.15. The molecule has 1 amide bonds. The number of aryl methyl sites for hydroxylation is 2. The highest BCUT2D eigenvalue weighted by Gasteiger charge is 2.30. The maximum Gasteiger partial charge on any atom is 0.223 e. The van der Waals surface area contributed by atoms with E-state index in [0.717, 1.165) is 17.2 Å². The Hall–Kier alpha value is -2.08. The number of carbonyl (C=O) groups is 1. The van der Waals surface area contributed by atoms with Gasteiger partial charge in [-0.3, -0.25) is 4.79 Å².